The van der Waals surface area contributed by atoms with Crippen molar-refractivity contribution in [3.05, 3.63) is 17.5 Å². The molecule has 6 nitrogen and oxygen atoms in total. The van der Waals surface area contributed by atoms with Crippen molar-refractivity contribution in [2.24, 2.45) is 0 Å². The molecule has 1 aromatic heterocycles. The fourth-order valence-electron chi connectivity index (χ4n) is 3.31. The fourth-order valence-corrected chi connectivity index (χ4v) is 4.79. The lowest BCUT2D eigenvalue weighted by molar-refractivity contribution is 0.0688. The quantitative estimate of drug-likeness (QED) is 0.843. The highest BCUT2D eigenvalue weighted by Gasteiger charge is 2.37. The van der Waals surface area contributed by atoms with Gasteiger partial charge in [-0.1, -0.05) is 12.8 Å². The van der Waals surface area contributed by atoms with Gasteiger partial charge in [0.2, 0.25) is 0 Å². The van der Waals surface area contributed by atoms with Crippen LogP contribution in [0, 0.1) is 6.92 Å². The minimum atomic E-state index is -3.16. The molecular weight excluding hydrogens is 302 g/mol. The maximum atomic E-state index is 12.8. The highest BCUT2D eigenvalue weighted by molar-refractivity contribution is 7.91. The van der Waals surface area contributed by atoms with Crippen molar-refractivity contribution in [1.29, 1.82) is 0 Å². The monoisotopic (exact) mass is 327 g/mol. The summed E-state index contributed by atoms with van der Waals surface area (Å²) in [6.45, 7) is 4.40. The first-order valence-corrected chi connectivity index (χ1v) is 9.71. The Hall–Kier alpha value is -1.37. The Balaban J connectivity index is 2.28. The fraction of sp³-hybridized carbons (Fsp3) is 0.733. The van der Waals surface area contributed by atoms with E-state index in [1.165, 1.54) is 6.26 Å². The van der Waals surface area contributed by atoms with Gasteiger partial charge in [0.15, 0.2) is 9.84 Å². The van der Waals surface area contributed by atoms with E-state index in [1.54, 1.807) is 22.7 Å². The summed E-state index contributed by atoms with van der Waals surface area (Å²) in [5, 5.41) is 3.83. The molecule has 1 heterocycles. The lowest BCUT2D eigenvalue weighted by Crippen LogP contribution is -2.49. The van der Waals surface area contributed by atoms with Crippen LogP contribution in [0.15, 0.2) is 6.07 Å². The molecule has 2 atom stereocenters. The summed E-state index contributed by atoms with van der Waals surface area (Å²) in [4.78, 5) is 14.4. The van der Waals surface area contributed by atoms with Crippen molar-refractivity contribution in [2.45, 2.75) is 57.4 Å². The third-order valence-corrected chi connectivity index (χ3v) is 6.11. The van der Waals surface area contributed by atoms with Crippen LogP contribution in [0.5, 0.6) is 0 Å². The molecule has 2 rings (SSSR count). The molecule has 1 aromatic rings. The maximum Gasteiger partial charge on any atom is 0.272 e. The molecule has 7 heteroatoms. The van der Waals surface area contributed by atoms with Gasteiger partial charge in [-0.2, -0.15) is 5.10 Å². The second-order valence-electron chi connectivity index (χ2n) is 6.12. The molecule has 0 N–H and O–H groups in total. The van der Waals surface area contributed by atoms with Crippen molar-refractivity contribution in [3.8, 4) is 0 Å². The summed E-state index contributed by atoms with van der Waals surface area (Å²) < 4.78 is 25.7. The minimum Gasteiger partial charge on any atom is -0.336 e. The van der Waals surface area contributed by atoms with Crippen molar-refractivity contribution in [2.75, 3.05) is 13.3 Å². The van der Waals surface area contributed by atoms with Gasteiger partial charge in [-0.25, -0.2) is 8.42 Å². The van der Waals surface area contributed by atoms with Gasteiger partial charge < -0.3 is 4.90 Å². The molecule has 0 radical (unpaired) electrons. The average molecular weight is 327 g/mol. The van der Waals surface area contributed by atoms with E-state index < -0.39 is 15.1 Å². The van der Waals surface area contributed by atoms with E-state index >= 15 is 0 Å². The smallest absolute Gasteiger partial charge is 0.272 e. The molecular formula is C15H25N3O3S. The van der Waals surface area contributed by atoms with Crippen LogP contribution >= 0.6 is 0 Å². The summed E-state index contributed by atoms with van der Waals surface area (Å²) in [6, 6.07) is 1.51. The highest BCUT2D eigenvalue weighted by atomic mass is 32.2. The molecule has 1 saturated carbocycles. The zero-order valence-corrected chi connectivity index (χ0v) is 14.6. The summed E-state index contributed by atoms with van der Waals surface area (Å²) in [6.07, 6.45) is 4.50. The number of carbonyl (C=O) groups is 1. The molecule has 0 aliphatic heterocycles. The zero-order valence-electron chi connectivity index (χ0n) is 13.7. The van der Waals surface area contributed by atoms with Crippen LogP contribution in [0.4, 0.5) is 0 Å². The molecule has 0 spiro atoms. The Morgan fingerprint density at radius 3 is 2.64 bits per heavy atom. The molecule has 1 fully saturated rings. The summed E-state index contributed by atoms with van der Waals surface area (Å²) in [7, 11) is -1.46. The number of aromatic nitrogens is 2. The zero-order chi connectivity index (χ0) is 16.5. The summed E-state index contributed by atoms with van der Waals surface area (Å²) in [5.41, 5.74) is 1.32. The molecule has 0 saturated heterocycles. The van der Waals surface area contributed by atoms with E-state index in [2.05, 4.69) is 5.10 Å². The average Bonchev–Trinajstić information content (AvgIpc) is 2.86. The molecule has 0 aromatic carbocycles. The lowest BCUT2D eigenvalue weighted by Gasteiger charge is -2.36. The number of hydrogen-bond donors (Lipinski definition) is 0. The first-order valence-electron chi connectivity index (χ1n) is 7.76. The van der Waals surface area contributed by atoms with Crippen LogP contribution in [0.1, 0.15) is 48.8 Å². The number of hydrogen-bond acceptors (Lipinski definition) is 4. The van der Waals surface area contributed by atoms with Crippen LogP contribution < -0.4 is 0 Å². The lowest BCUT2D eigenvalue weighted by atomic mass is 9.93. The number of aryl methyl sites for hydroxylation is 2. The van der Waals surface area contributed by atoms with E-state index in [0.717, 1.165) is 25.0 Å². The van der Waals surface area contributed by atoms with E-state index in [-0.39, 0.29) is 11.9 Å². The topological polar surface area (TPSA) is 72.3 Å². The standard InChI is InChI=1S/C15H25N3O3S/c1-5-18-13(10-11(2)16-18)15(19)17(3)12-8-6-7-9-14(12)22(4,20)21/h10,12,14H,5-9H2,1-4H3/t12-,14-/m1/s1. The van der Waals surface area contributed by atoms with Crippen LogP contribution in [0.25, 0.3) is 0 Å². The first kappa shape index (κ1) is 17.0. The van der Waals surface area contributed by atoms with Crippen molar-refractivity contribution in [3.63, 3.8) is 0 Å². The number of carbonyl (C=O) groups excluding carboxylic acids is 1. The minimum absolute atomic E-state index is 0.150. The number of nitrogens with zero attached hydrogens (tertiary/aromatic N) is 3. The Kier molecular flexibility index (Phi) is 4.94. The second kappa shape index (κ2) is 6.40. The van der Waals surface area contributed by atoms with Crippen LogP contribution in [-0.4, -0.2) is 53.6 Å². The second-order valence-corrected chi connectivity index (χ2v) is 8.39. The predicted molar refractivity (Wildman–Crippen MR) is 85.6 cm³/mol. The molecule has 124 valence electrons. The normalized spacial score (nSPS) is 22.5. The van der Waals surface area contributed by atoms with E-state index in [4.69, 9.17) is 0 Å². The number of rotatable bonds is 4. The van der Waals surface area contributed by atoms with Gasteiger partial charge in [-0.05, 0) is 32.8 Å². The molecule has 22 heavy (non-hydrogen) atoms. The highest BCUT2D eigenvalue weighted by Crippen LogP contribution is 2.28. The molecule has 0 bridgehead atoms. The molecule has 1 aliphatic rings. The largest absolute Gasteiger partial charge is 0.336 e. The predicted octanol–water partition coefficient (Wildman–Crippen LogP) is 1.64. The van der Waals surface area contributed by atoms with Gasteiger partial charge in [0.25, 0.3) is 5.91 Å². The third kappa shape index (κ3) is 3.34. The number of sulfone groups is 1. The molecule has 0 unspecified atom stereocenters. The van der Waals surface area contributed by atoms with Crippen molar-refractivity contribution in [1.82, 2.24) is 14.7 Å². The summed E-state index contributed by atoms with van der Waals surface area (Å²) >= 11 is 0. The van der Waals surface area contributed by atoms with Crippen molar-refractivity contribution >= 4 is 15.7 Å². The van der Waals surface area contributed by atoms with E-state index in [0.29, 0.717) is 18.7 Å². The van der Waals surface area contributed by atoms with E-state index in [1.807, 2.05) is 13.8 Å². The van der Waals surface area contributed by atoms with Crippen LogP contribution in [0.2, 0.25) is 0 Å². The Morgan fingerprint density at radius 1 is 1.41 bits per heavy atom. The van der Waals surface area contributed by atoms with Crippen molar-refractivity contribution < 1.29 is 13.2 Å². The van der Waals surface area contributed by atoms with Crippen LogP contribution in [0.3, 0.4) is 0 Å². The molecule has 1 aliphatic carbocycles. The van der Waals surface area contributed by atoms with Gasteiger partial charge in [0.05, 0.1) is 10.9 Å². The Morgan fingerprint density at radius 2 is 2.05 bits per heavy atom. The Bertz CT molecular complexity index is 651. The van der Waals surface area contributed by atoms with Gasteiger partial charge in [0.1, 0.15) is 5.69 Å². The van der Waals surface area contributed by atoms with Crippen LogP contribution in [-0.2, 0) is 16.4 Å². The van der Waals surface area contributed by atoms with Gasteiger partial charge in [-0.3, -0.25) is 9.48 Å². The first-order chi connectivity index (χ1) is 10.3. The maximum absolute atomic E-state index is 12.8. The SMILES string of the molecule is CCn1nc(C)cc1C(=O)N(C)[C@@H]1CCCC[C@H]1S(C)(=O)=O. The van der Waals surface area contributed by atoms with Gasteiger partial charge in [0, 0.05) is 25.9 Å². The van der Waals surface area contributed by atoms with Gasteiger partial charge >= 0.3 is 0 Å². The summed E-state index contributed by atoms with van der Waals surface area (Å²) in [5.74, 6) is -0.150. The van der Waals surface area contributed by atoms with Gasteiger partial charge in [-0.15, -0.1) is 0 Å². The van der Waals surface area contributed by atoms with E-state index in [9.17, 15) is 13.2 Å². The number of amides is 1. The Labute approximate surface area is 132 Å². The third-order valence-electron chi connectivity index (χ3n) is 4.46. The molecule has 1 amide bonds.